The summed E-state index contributed by atoms with van der Waals surface area (Å²) in [5.41, 5.74) is 0.950. The molecule has 0 atom stereocenters. The fraction of sp³-hybridized carbons (Fsp3) is 0.200. The van der Waals surface area contributed by atoms with E-state index in [1.807, 2.05) is 30.3 Å². The van der Waals surface area contributed by atoms with Crippen LogP contribution in [0.25, 0.3) is 0 Å². The summed E-state index contributed by atoms with van der Waals surface area (Å²) in [6.45, 7) is 0.368. The third-order valence-electron chi connectivity index (χ3n) is 1.64. The van der Waals surface area contributed by atoms with Gasteiger partial charge in [0.1, 0.15) is 6.42 Å². The van der Waals surface area contributed by atoms with Crippen LogP contribution >= 0.6 is 0 Å². The molecule has 0 heterocycles. The number of carboxylic acids is 1. The van der Waals surface area contributed by atoms with E-state index in [1.165, 1.54) is 0 Å². The monoisotopic (exact) mass is 193 g/mol. The quantitative estimate of drug-likeness (QED) is 0.694. The SMILES string of the molecule is O=C(O)CC(=O)NCc1ccccc1. The molecule has 0 aliphatic carbocycles. The predicted octanol–water partition coefficient (Wildman–Crippen LogP) is 0.777. The van der Waals surface area contributed by atoms with Crippen molar-refractivity contribution in [3.8, 4) is 0 Å². The zero-order valence-corrected chi connectivity index (χ0v) is 7.56. The molecule has 0 unspecified atom stereocenters. The van der Waals surface area contributed by atoms with E-state index in [0.717, 1.165) is 5.56 Å². The molecule has 1 aromatic rings. The van der Waals surface area contributed by atoms with Gasteiger partial charge in [-0.25, -0.2) is 0 Å². The Labute approximate surface area is 81.6 Å². The van der Waals surface area contributed by atoms with Gasteiger partial charge in [0, 0.05) is 6.54 Å². The van der Waals surface area contributed by atoms with Gasteiger partial charge in [0.25, 0.3) is 0 Å². The number of benzene rings is 1. The summed E-state index contributed by atoms with van der Waals surface area (Å²) < 4.78 is 0. The Bertz CT molecular complexity index is 321. The number of carbonyl (C=O) groups is 2. The highest BCUT2D eigenvalue weighted by molar-refractivity contribution is 5.93. The molecule has 0 radical (unpaired) electrons. The molecule has 0 bridgehead atoms. The Balaban J connectivity index is 2.34. The minimum atomic E-state index is -1.12. The van der Waals surface area contributed by atoms with Crippen molar-refractivity contribution in [2.24, 2.45) is 0 Å². The van der Waals surface area contributed by atoms with Gasteiger partial charge in [0.2, 0.25) is 5.91 Å². The van der Waals surface area contributed by atoms with Crippen molar-refractivity contribution in [3.63, 3.8) is 0 Å². The number of aliphatic carboxylic acids is 1. The van der Waals surface area contributed by atoms with E-state index in [4.69, 9.17) is 5.11 Å². The Hall–Kier alpha value is -1.84. The molecule has 0 fully saturated rings. The largest absolute Gasteiger partial charge is 0.481 e. The first-order valence-electron chi connectivity index (χ1n) is 4.21. The molecule has 1 rings (SSSR count). The van der Waals surface area contributed by atoms with Crippen LogP contribution in [-0.4, -0.2) is 17.0 Å². The maximum Gasteiger partial charge on any atom is 0.312 e. The maximum absolute atomic E-state index is 10.9. The lowest BCUT2D eigenvalue weighted by Crippen LogP contribution is -2.24. The van der Waals surface area contributed by atoms with Crippen LogP contribution in [0.5, 0.6) is 0 Å². The average molecular weight is 193 g/mol. The number of carbonyl (C=O) groups excluding carboxylic acids is 1. The smallest absolute Gasteiger partial charge is 0.312 e. The average Bonchev–Trinajstić information content (AvgIpc) is 2.15. The van der Waals surface area contributed by atoms with E-state index < -0.39 is 18.3 Å². The summed E-state index contributed by atoms with van der Waals surface area (Å²) in [4.78, 5) is 21.1. The van der Waals surface area contributed by atoms with Gasteiger partial charge in [-0.15, -0.1) is 0 Å². The van der Waals surface area contributed by atoms with E-state index in [0.29, 0.717) is 6.54 Å². The van der Waals surface area contributed by atoms with Crippen LogP contribution in [0, 0.1) is 0 Å². The third-order valence-corrected chi connectivity index (χ3v) is 1.64. The molecule has 0 aliphatic heterocycles. The second-order valence-corrected chi connectivity index (χ2v) is 2.83. The zero-order chi connectivity index (χ0) is 10.4. The highest BCUT2D eigenvalue weighted by Crippen LogP contribution is 1.97. The Morgan fingerprint density at radius 1 is 1.21 bits per heavy atom. The third kappa shape index (κ3) is 3.71. The Kier molecular flexibility index (Phi) is 3.67. The van der Waals surface area contributed by atoms with Crippen LogP contribution in [0.3, 0.4) is 0 Å². The fourth-order valence-corrected chi connectivity index (χ4v) is 0.996. The molecule has 4 heteroatoms. The summed E-state index contributed by atoms with van der Waals surface area (Å²) in [6.07, 6.45) is -0.479. The number of rotatable bonds is 4. The van der Waals surface area contributed by atoms with Crippen LogP contribution in [0.2, 0.25) is 0 Å². The number of amides is 1. The molecule has 0 saturated carbocycles. The molecule has 4 nitrogen and oxygen atoms in total. The second-order valence-electron chi connectivity index (χ2n) is 2.83. The predicted molar refractivity (Wildman–Crippen MR) is 50.5 cm³/mol. The fourth-order valence-electron chi connectivity index (χ4n) is 0.996. The minimum absolute atomic E-state index is 0.368. The van der Waals surface area contributed by atoms with Gasteiger partial charge < -0.3 is 10.4 Å². The van der Waals surface area contributed by atoms with Crippen molar-refractivity contribution in [1.82, 2.24) is 5.32 Å². The van der Waals surface area contributed by atoms with E-state index in [-0.39, 0.29) is 0 Å². The summed E-state index contributed by atoms with van der Waals surface area (Å²) in [7, 11) is 0. The molecular weight excluding hydrogens is 182 g/mol. The first-order valence-corrected chi connectivity index (χ1v) is 4.21. The van der Waals surface area contributed by atoms with Crippen LogP contribution in [0.1, 0.15) is 12.0 Å². The summed E-state index contributed by atoms with van der Waals surface area (Å²) >= 11 is 0. The molecule has 0 saturated heterocycles. The topological polar surface area (TPSA) is 66.4 Å². The van der Waals surface area contributed by atoms with Gasteiger partial charge >= 0.3 is 5.97 Å². The molecule has 74 valence electrons. The summed E-state index contributed by atoms with van der Waals surface area (Å²) in [5, 5.41) is 10.8. The van der Waals surface area contributed by atoms with E-state index in [9.17, 15) is 9.59 Å². The second kappa shape index (κ2) is 5.01. The van der Waals surface area contributed by atoms with Crippen molar-refractivity contribution in [1.29, 1.82) is 0 Å². The zero-order valence-electron chi connectivity index (χ0n) is 7.56. The maximum atomic E-state index is 10.9. The van der Waals surface area contributed by atoms with Gasteiger partial charge in [0.15, 0.2) is 0 Å². The normalized spacial score (nSPS) is 9.43. The van der Waals surface area contributed by atoms with Crippen molar-refractivity contribution >= 4 is 11.9 Å². The van der Waals surface area contributed by atoms with Crippen molar-refractivity contribution in [2.75, 3.05) is 0 Å². The van der Waals surface area contributed by atoms with Crippen molar-refractivity contribution in [2.45, 2.75) is 13.0 Å². The highest BCUT2D eigenvalue weighted by Gasteiger charge is 2.05. The molecule has 1 amide bonds. The number of hydrogen-bond acceptors (Lipinski definition) is 2. The van der Waals surface area contributed by atoms with E-state index in [2.05, 4.69) is 5.32 Å². The lowest BCUT2D eigenvalue weighted by molar-refractivity contribution is -0.140. The number of nitrogens with one attached hydrogen (secondary N) is 1. The summed E-state index contributed by atoms with van der Waals surface area (Å²) in [5.74, 6) is -1.59. The highest BCUT2D eigenvalue weighted by atomic mass is 16.4. The number of carboxylic acid groups (broad SMARTS) is 1. The molecule has 0 aromatic heterocycles. The van der Waals surface area contributed by atoms with Gasteiger partial charge in [-0.2, -0.15) is 0 Å². The van der Waals surface area contributed by atoms with Crippen LogP contribution in [0.15, 0.2) is 30.3 Å². The van der Waals surface area contributed by atoms with Crippen LogP contribution < -0.4 is 5.32 Å². The molecule has 2 N–H and O–H groups in total. The van der Waals surface area contributed by atoms with Crippen LogP contribution in [-0.2, 0) is 16.1 Å². The van der Waals surface area contributed by atoms with Crippen LogP contribution in [0.4, 0.5) is 0 Å². The van der Waals surface area contributed by atoms with E-state index in [1.54, 1.807) is 0 Å². The first-order chi connectivity index (χ1) is 6.68. The molecular formula is C10H11NO3. The molecule has 1 aromatic carbocycles. The minimum Gasteiger partial charge on any atom is -0.481 e. The van der Waals surface area contributed by atoms with Crippen molar-refractivity contribution in [3.05, 3.63) is 35.9 Å². The van der Waals surface area contributed by atoms with Gasteiger partial charge in [0.05, 0.1) is 0 Å². The lowest BCUT2D eigenvalue weighted by Gasteiger charge is -2.02. The van der Waals surface area contributed by atoms with Gasteiger partial charge in [-0.1, -0.05) is 30.3 Å². The molecule has 0 spiro atoms. The van der Waals surface area contributed by atoms with Gasteiger partial charge in [-0.3, -0.25) is 9.59 Å². The first kappa shape index (κ1) is 10.2. The Morgan fingerprint density at radius 3 is 2.43 bits per heavy atom. The molecule has 0 aliphatic rings. The number of hydrogen-bond donors (Lipinski definition) is 2. The lowest BCUT2D eigenvalue weighted by atomic mass is 10.2. The van der Waals surface area contributed by atoms with E-state index >= 15 is 0 Å². The van der Waals surface area contributed by atoms with Gasteiger partial charge in [-0.05, 0) is 5.56 Å². The summed E-state index contributed by atoms with van der Waals surface area (Å²) in [6, 6.07) is 9.32. The Morgan fingerprint density at radius 2 is 1.86 bits per heavy atom. The standard InChI is InChI=1S/C10H11NO3/c12-9(6-10(13)14)11-7-8-4-2-1-3-5-8/h1-5H,6-7H2,(H,11,12)(H,13,14). The van der Waals surface area contributed by atoms with Crippen molar-refractivity contribution < 1.29 is 14.7 Å². The molecule has 14 heavy (non-hydrogen) atoms.